The number of aliphatic hydroxyl groups excluding tert-OH is 1. The second-order valence-electron chi connectivity index (χ2n) is 5.39. The van der Waals surface area contributed by atoms with Crippen molar-refractivity contribution in [3.63, 3.8) is 0 Å². The van der Waals surface area contributed by atoms with Crippen LogP contribution in [0.5, 0.6) is 0 Å². The van der Waals surface area contributed by atoms with Gasteiger partial charge in [0.1, 0.15) is 0 Å². The predicted octanol–water partition coefficient (Wildman–Crippen LogP) is 1.14. The van der Waals surface area contributed by atoms with Crippen LogP contribution < -0.4 is 5.32 Å². The summed E-state index contributed by atoms with van der Waals surface area (Å²) in [7, 11) is 1.64. The van der Waals surface area contributed by atoms with E-state index in [0.29, 0.717) is 31.8 Å². The Labute approximate surface area is 123 Å². The summed E-state index contributed by atoms with van der Waals surface area (Å²) in [5.41, 5.74) is 0.715. The second-order valence-corrected chi connectivity index (χ2v) is 5.39. The SMILES string of the molecule is COCCN[C@@H]1CCN(Cc2ccc(F)c(F)c2)C[C@H]1O. The highest BCUT2D eigenvalue weighted by Gasteiger charge is 2.27. The molecule has 0 saturated carbocycles. The van der Waals surface area contributed by atoms with Crippen molar-refractivity contribution < 1.29 is 18.6 Å². The van der Waals surface area contributed by atoms with Gasteiger partial charge in [0.25, 0.3) is 0 Å². The third kappa shape index (κ3) is 4.71. The number of rotatable bonds is 6. The van der Waals surface area contributed by atoms with Crippen molar-refractivity contribution >= 4 is 0 Å². The number of piperidine rings is 1. The molecule has 6 heteroatoms. The van der Waals surface area contributed by atoms with Crippen LogP contribution in [0.2, 0.25) is 0 Å². The van der Waals surface area contributed by atoms with E-state index in [1.165, 1.54) is 6.07 Å². The second kappa shape index (κ2) is 7.79. The fraction of sp³-hybridized carbons (Fsp3) is 0.600. The molecule has 0 aromatic heterocycles. The van der Waals surface area contributed by atoms with Gasteiger partial charge in [0.05, 0.1) is 12.7 Å². The fourth-order valence-electron chi connectivity index (χ4n) is 2.62. The van der Waals surface area contributed by atoms with Crippen LogP contribution >= 0.6 is 0 Å². The molecular weight excluding hydrogens is 278 g/mol. The third-order valence-electron chi connectivity index (χ3n) is 3.77. The molecule has 0 bridgehead atoms. The number of nitrogens with one attached hydrogen (secondary N) is 1. The lowest BCUT2D eigenvalue weighted by atomic mass is 10.0. The van der Waals surface area contributed by atoms with Crippen LogP contribution in [-0.2, 0) is 11.3 Å². The lowest BCUT2D eigenvalue weighted by molar-refractivity contribution is 0.0347. The van der Waals surface area contributed by atoms with Gasteiger partial charge in [-0.25, -0.2) is 8.78 Å². The molecule has 0 aliphatic carbocycles. The summed E-state index contributed by atoms with van der Waals surface area (Å²) in [6, 6.07) is 3.99. The number of methoxy groups -OCH3 is 1. The Morgan fingerprint density at radius 3 is 2.86 bits per heavy atom. The molecule has 118 valence electrons. The van der Waals surface area contributed by atoms with Gasteiger partial charge in [-0.2, -0.15) is 0 Å². The predicted molar refractivity (Wildman–Crippen MR) is 75.9 cm³/mol. The van der Waals surface area contributed by atoms with Crippen molar-refractivity contribution in [1.82, 2.24) is 10.2 Å². The Morgan fingerprint density at radius 2 is 2.19 bits per heavy atom. The van der Waals surface area contributed by atoms with Crippen LogP contribution in [-0.4, -0.2) is 55.5 Å². The van der Waals surface area contributed by atoms with Gasteiger partial charge in [-0.15, -0.1) is 0 Å². The summed E-state index contributed by atoms with van der Waals surface area (Å²) in [5, 5.41) is 13.4. The highest BCUT2D eigenvalue weighted by atomic mass is 19.2. The quantitative estimate of drug-likeness (QED) is 0.773. The molecule has 2 N–H and O–H groups in total. The summed E-state index contributed by atoms with van der Waals surface area (Å²) in [5.74, 6) is -1.66. The smallest absolute Gasteiger partial charge is 0.159 e. The van der Waals surface area contributed by atoms with Crippen LogP contribution in [0.4, 0.5) is 8.78 Å². The topological polar surface area (TPSA) is 44.7 Å². The lowest BCUT2D eigenvalue weighted by Gasteiger charge is -2.36. The number of aliphatic hydroxyl groups is 1. The Bertz CT molecular complexity index is 459. The molecule has 1 aromatic carbocycles. The van der Waals surface area contributed by atoms with Gasteiger partial charge in [0.2, 0.25) is 0 Å². The summed E-state index contributed by atoms with van der Waals surface area (Å²) in [4.78, 5) is 2.05. The molecule has 1 fully saturated rings. The molecule has 0 unspecified atom stereocenters. The summed E-state index contributed by atoms with van der Waals surface area (Å²) < 4.78 is 31.0. The van der Waals surface area contributed by atoms with Crippen LogP contribution in [0, 0.1) is 11.6 Å². The Hall–Kier alpha value is -1.08. The normalized spacial score (nSPS) is 23.4. The van der Waals surface area contributed by atoms with E-state index in [9.17, 15) is 13.9 Å². The summed E-state index contributed by atoms with van der Waals surface area (Å²) in [6.45, 7) is 3.16. The average molecular weight is 300 g/mol. The van der Waals surface area contributed by atoms with Gasteiger partial charge in [0, 0.05) is 39.3 Å². The minimum absolute atomic E-state index is 0.0568. The van der Waals surface area contributed by atoms with Crippen molar-refractivity contribution in [2.24, 2.45) is 0 Å². The third-order valence-corrected chi connectivity index (χ3v) is 3.77. The van der Waals surface area contributed by atoms with E-state index in [1.54, 1.807) is 13.2 Å². The number of hydrogen-bond acceptors (Lipinski definition) is 4. The molecular formula is C15H22F2N2O2. The molecule has 0 spiro atoms. The number of β-amino-alcohol motifs (C(OH)–C–C–N with tert-alkyl or cyclic N) is 1. The standard InChI is InChI=1S/C15H22F2N2O2/c1-21-7-5-18-14-4-6-19(10-15(14)20)9-11-2-3-12(16)13(17)8-11/h2-3,8,14-15,18,20H,4-7,9-10H2,1H3/t14-,15-/m1/s1. The van der Waals surface area contributed by atoms with Gasteiger partial charge in [-0.3, -0.25) is 4.90 Å². The maximum atomic E-state index is 13.2. The lowest BCUT2D eigenvalue weighted by Crippen LogP contribution is -2.52. The van der Waals surface area contributed by atoms with Crippen LogP contribution in [0.1, 0.15) is 12.0 Å². The largest absolute Gasteiger partial charge is 0.390 e. The van der Waals surface area contributed by atoms with E-state index in [1.807, 2.05) is 4.90 Å². The minimum atomic E-state index is -0.833. The zero-order chi connectivity index (χ0) is 15.2. The van der Waals surface area contributed by atoms with E-state index < -0.39 is 17.7 Å². The molecule has 21 heavy (non-hydrogen) atoms. The Kier molecular flexibility index (Phi) is 6.05. The van der Waals surface area contributed by atoms with E-state index in [0.717, 1.165) is 19.0 Å². The molecule has 2 rings (SSSR count). The molecule has 1 aliphatic rings. The molecule has 1 saturated heterocycles. The monoisotopic (exact) mass is 300 g/mol. The molecule has 4 nitrogen and oxygen atoms in total. The van der Waals surface area contributed by atoms with E-state index in [-0.39, 0.29) is 6.04 Å². The van der Waals surface area contributed by atoms with Crippen molar-refractivity contribution in [2.45, 2.75) is 25.1 Å². The Morgan fingerprint density at radius 1 is 1.38 bits per heavy atom. The van der Waals surface area contributed by atoms with Gasteiger partial charge in [0.15, 0.2) is 11.6 Å². The molecule has 1 aromatic rings. The minimum Gasteiger partial charge on any atom is -0.390 e. The van der Waals surface area contributed by atoms with Crippen molar-refractivity contribution in [2.75, 3.05) is 33.4 Å². The van der Waals surface area contributed by atoms with Crippen molar-refractivity contribution in [3.8, 4) is 0 Å². The summed E-state index contributed by atoms with van der Waals surface area (Å²) >= 11 is 0. The number of benzene rings is 1. The zero-order valence-corrected chi connectivity index (χ0v) is 12.2. The van der Waals surface area contributed by atoms with Crippen LogP contribution in [0.25, 0.3) is 0 Å². The maximum Gasteiger partial charge on any atom is 0.159 e. The first-order valence-corrected chi connectivity index (χ1v) is 7.17. The van der Waals surface area contributed by atoms with Gasteiger partial charge in [-0.1, -0.05) is 6.07 Å². The highest BCUT2D eigenvalue weighted by Crippen LogP contribution is 2.16. The number of nitrogens with zero attached hydrogens (tertiary/aromatic N) is 1. The number of halogens is 2. The van der Waals surface area contributed by atoms with Crippen LogP contribution in [0.3, 0.4) is 0 Å². The Balaban J connectivity index is 1.83. The molecule has 0 radical (unpaired) electrons. The number of ether oxygens (including phenoxy) is 1. The molecule has 2 atom stereocenters. The fourth-order valence-corrected chi connectivity index (χ4v) is 2.62. The first-order chi connectivity index (χ1) is 10.1. The maximum absolute atomic E-state index is 13.2. The van der Waals surface area contributed by atoms with Crippen molar-refractivity contribution in [3.05, 3.63) is 35.4 Å². The van der Waals surface area contributed by atoms with E-state index in [4.69, 9.17) is 4.74 Å². The highest BCUT2D eigenvalue weighted by molar-refractivity contribution is 5.17. The number of hydrogen-bond donors (Lipinski definition) is 2. The van der Waals surface area contributed by atoms with Gasteiger partial charge in [-0.05, 0) is 24.1 Å². The zero-order valence-electron chi connectivity index (χ0n) is 12.2. The van der Waals surface area contributed by atoms with Crippen molar-refractivity contribution in [1.29, 1.82) is 0 Å². The first kappa shape index (κ1) is 16.3. The van der Waals surface area contributed by atoms with Crippen LogP contribution in [0.15, 0.2) is 18.2 Å². The van der Waals surface area contributed by atoms with E-state index in [2.05, 4.69) is 5.32 Å². The molecule has 0 amide bonds. The average Bonchev–Trinajstić information content (AvgIpc) is 2.45. The molecule has 1 aliphatic heterocycles. The van der Waals surface area contributed by atoms with Gasteiger partial charge >= 0.3 is 0 Å². The molecule has 1 heterocycles. The van der Waals surface area contributed by atoms with E-state index >= 15 is 0 Å². The summed E-state index contributed by atoms with van der Waals surface area (Å²) in [6.07, 6.45) is 0.343. The van der Waals surface area contributed by atoms with Gasteiger partial charge < -0.3 is 15.2 Å². The number of likely N-dealkylation sites (tertiary alicyclic amines) is 1. The first-order valence-electron chi connectivity index (χ1n) is 7.17.